The molecule has 3 nitrogen and oxygen atoms in total. The minimum Gasteiger partial charge on any atom is -0.383 e. The van der Waals surface area contributed by atoms with Gasteiger partial charge >= 0.3 is 0 Å². The molecule has 1 fully saturated rings. The molecule has 2 atom stereocenters. The van der Waals surface area contributed by atoms with Crippen LogP contribution in [0.3, 0.4) is 0 Å². The molecule has 0 aromatic heterocycles. The van der Waals surface area contributed by atoms with E-state index in [0.717, 1.165) is 19.7 Å². The van der Waals surface area contributed by atoms with Gasteiger partial charge in [0.05, 0.1) is 6.61 Å². The third-order valence-electron chi connectivity index (χ3n) is 3.18. The van der Waals surface area contributed by atoms with Crippen molar-refractivity contribution in [3.8, 4) is 0 Å². The summed E-state index contributed by atoms with van der Waals surface area (Å²) >= 11 is 0. The number of hydrogen-bond acceptors (Lipinski definition) is 3. The third-order valence-corrected chi connectivity index (χ3v) is 3.18. The Labute approximate surface area is 94.0 Å². The Morgan fingerprint density at radius 1 is 1.40 bits per heavy atom. The van der Waals surface area contributed by atoms with Crippen molar-refractivity contribution in [2.45, 2.75) is 45.2 Å². The van der Waals surface area contributed by atoms with E-state index in [9.17, 15) is 0 Å². The van der Waals surface area contributed by atoms with Gasteiger partial charge in [-0.1, -0.05) is 20.3 Å². The maximum atomic E-state index is 6.14. The summed E-state index contributed by atoms with van der Waals surface area (Å²) in [6.45, 7) is 7.51. The zero-order valence-electron chi connectivity index (χ0n) is 10.4. The van der Waals surface area contributed by atoms with Crippen molar-refractivity contribution in [1.29, 1.82) is 0 Å². The molecule has 2 unspecified atom stereocenters. The molecule has 1 aliphatic carbocycles. The topological polar surface area (TPSA) is 38.5 Å². The Hall–Kier alpha value is -0.120. The molecule has 3 heteroatoms. The average molecular weight is 214 g/mol. The van der Waals surface area contributed by atoms with Crippen molar-refractivity contribution in [3.63, 3.8) is 0 Å². The molecule has 0 saturated heterocycles. The molecule has 2 N–H and O–H groups in total. The van der Waals surface area contributed by atoms with E-state index in [-0.39, 0.29) is 0 Å². The Kier molecular flexibility index (Phi) is 5.58. The SMILES string of the molecule is COCCN(CC(C)C)C1CCCC1N. The van der Waals surface area contributed by atoms with Gasteiger partial charge in [-0.2, -0.15) is 0 Å². The number of rotatable bonds is 6. The van der Waals surface area contributed by atoms with E-state index in [0.29, 0.717) is 18.0 Å². The largest absolute Gasteiger partial charge is 0.383 e. The van der Waals surface area contributed by atoms with E-state index in [2.05, 4.69) is 18.7 Å². The maximum Gasteiger partial charge on any atom is 0.0589 e. The highest BCUT2D eigenvalue weighted by Crippen LogP contribution is 2.23. The highest BCUT2D eigenvalue weighted by molar-refractivity contribution is 4.88. The molecule has 1 saturated carbocycles. The fourth-order valence-electron chi connectivity index (χ4n) is 2.49. The lowest BCUT2D eigenvalue weighted by Gasteiger charge is -2.32. The fraction of sp³-hybridized carbons (Fsp3) is 1.00. The van der Waals surface area contributed by atoms with E-state index < -0.39 is 0 Å². The summed E-state index contributed by atoms with van der Waals surface area (Å²) in [7, 11) is 1.77. The van der Waals surface area contributed by atoms with Crippen LogP contribution in [0.1, 0.15) is 33.1 Å². The normalized spacial score (nSPS) is 26.8. The van der Waals surface area contributed by atoms with Crippen molar-refractivity contribution in [1.82, 2.24) is 4.90 Å². The lowest BCUT2D eigenvalue weighted by Crippen LogP contribution is -2.47. The molecule has 1 rings (SSSR count). The van der Waals surface area contributed by atoms with E-state index in [1.54, 1.807) is 7.11 Å². The summed E-state index contributed by atoms with van der Waals surface area (Å²) in [5, 5.41) is 0. The Morgan fingerprint density at radius 3 is 2.60 bits per heavy atom. The highest BCUT2D eigenvalue weighted by Gasteiger charge is 2.29. The molecule has 0 aliphatic heterocycles. The molecule has 0 amide bonds. The van der Waals surface area contributed by atoms with Gasteiger partial charge in [0.1, 0.15) is 0 Å². The van der Waals surface area contributed by atoms with Gasteiger partial charge in [-0.05, 0) is 18.8 Å². The van der Waals surface area contributed by atoms with Gasteiger partial charge in [0, 0.05) is 32.3 Å². The molecule has 0 heterocycles. The minimum absolute atomic E-state index is 0.376. The molecular formula is C12H26N2O. The first kappa shape index (κ1) is 12.9. The number of nitrogens with two attached hydrogens (primary N) is 1. The fourth-order valence-corrected chi connectivity index (χ4v) is 2.49. The monoisotopic (exact) mass is 214 g/mol. The molecule has 0 spiro atoms. The van der Waals surface area contributed by atoms with Gasteiger partial charge in [-0.15, -0.1) is 0 Å². The second-order valence-corrected chi connectivity index (χ2v) is 5.04. The molecule has 0 aromatic carbocycles. The van der Waals surface area contributed by atoms with Crippen LogP contribution in [-0.4, -0.2) is 43.8 Å². The van der Waals surface area contributed by atoms with Crippen molar-refractivity contribution in [2.75, 3.05) is 26.8 Å². The predicted octanol–water partition coefficient (Wildman–Crippen LogP) is 1.47. The number of methoxy groups -OCH3 is 1. The van der Waals surface area contributed by atoms with Gasteiger partial charge in [-0.3, -0.25) is 4.90 Å². The van der Waals surface area contributed by atoms with E-state index >= 15 is 0 Å². The lowest BCUT2D eigenvalue weighted by atomic mass is 10.1. The first-order valence-electron chi connectivity index (χ1n) is 6.13. The summed E-state index contributed by atoms with van der Waals surface area (Å²) in [5.74, 6) is 0.703. The summed E-state index contributed by atoms with van der Waals surface area (Å²) < 4.78 is 5.17. The second-order valence-electron chi connectivity index (χ2n) is 5.04. The van der Waals surface area contributed by atoms with Crippen LogP contribution in [0.5, 0.6) is 0 Å². The van der Waals surface area contributed by atoms with Crippen LogP contribution in [-0.2, 0) is 4.74 Å². The first-order valence-corrected chi connectivity index (χ1v) is 6.13. The van der Waals surface area contributed by atoms with E-state index in [4.69, 9.17) is 10.5 Å². The van der Waals surface area contributed by atoms with E-state index in [1.165, 1.54) is 19.3 Å². The quantitative estimate of drug-likeness (QED) is 0.727. The second kappa shape index (κ2) is 6.46. The van der Waals surface area contributed by atoms with Gasteiger partial charge < -0.3 is 10.5 Å². The molecule has 1 aliphatic rings. The molecule has 15 heavy (non-hydrogen) atoms. The van der Waals surface area contributed by atoms with Crippen molar-refractivity contribution >= 4 is 0 Å². The van der Waals surface area contributed by atoms with Gasteiger partial charge in [-0.25, -0.2) is 0 Å². The van der Waals surface area contributed by atoms with Crippen LogP contribution in [0, 0.1) is 5.92 Å². The molecule has 0 bridgehead atoms. The van der Waals surface area contributed by atoms with Crippen molar-refractivity contribution < 1.29 is 4.74 Å². The zero-order valence-corrected chi connectivity index (χ0v) is 10.4. The Bertz CT molecular complexity index is 173. The molecule has 0 radical (unpaired) electrons. The van der Waals surface area contributed by atoms with Gasteiger partial charge in [0.15, 0.2) is 0 Å². The standard InChI is InChI=1S/C12H26N2O/c1-10(2)9-14(7-8-15-3)12-6-4-5-11(12)13/h10-12H,4-9,13H2,1-3H3. The van der Waals surface area contributed by atoms with Crippen LogP contribution >= 0.6 is 0 Å². The zero-order chi connectivity index (χ0) is 11.3. The summed E-state index contributed by atoms with van der Waals surface area (Å²) in [6, 6.07) is 0.961. The van der Waals surface area contributed by atoms with Crippen LogP contribution in [0.4, 0.5) is 0 Å². The highest BCUT2D eigenvalue weighted by atomic mass is 16.5. The van der Waals surface area contributed by atoms with Crippen molar-refractivity contribution in [2.24, 2.45) is 11.7 Å². The van der Waals surface area contributed by atoms with Crippen LogP contribution in [0.25, 0.3) is 0 Å². The summed E-state index contributed by atoms with van der Waals surface area (Å²) in [6.07, 6.45) is 3.73. The van der Waals surface area contributed by atoms with Crippen LogP contribution < -0.4 is 5.73 Å². The lowest BCUT2D eigenvalue weighted by molar-refractivity contribution is 0.105. The molecular weight excluding hydrogens is 188 g/mol. The number of nitrogens with zero attached hydrogens (tertiary/aromatic N) is 1. The minimum atomic E-state index is 0.376. The first-order chi connectivity index (χ1) is 7.15. The Balaban J connectivity index is 2.46. The van der Waals surface area contributed by atoms with Crippen molar-refractivity contribution in [3.05, 3.63) is 0 Å². The van der Waals surface area contributed by atoms with Crippen LogP contribution in [0.15, 0.2) is 0 Å². The summed E-state index contributed by atoms with van der Waals surface area (Å²) in [4.78, 5) is 2.52. The van der Waals surface area contributed by atoms with Gasteiger partial charge in [0.2, 0.25) is 0 Å². The molecule has 90 valence electrons. The third kappa shape index (κ3) is 4.09. The summed E-state index contributed by atoms with van der Waals surface area (Å²) in [5.41, 5.74) is 6.14. The number of hydrogen-bond donors (Lipinski definition) is 1. The smallest absolute Gasteiger partial charge is 0.0589 e. The van der Waals surface area contributed by atoms with E-state index in [1.807, 2.05) is 0 Å². The number of ether oxygens (including phenoxy) is 1. The average Bonchev–Trinajstić information content (AvgIpc) is 2.58. The predicted molar refractivity (Wildman–Crippen MR) is 63.9 cm³/mol. The Morgan fingerprint density at radius 2 is 2.13 bits per heavy atom. The molecule has 0 aromatic rings. The van der Waals surface area contributed by atoms with Gasteiger partial charge in [0.25, 0.3) is 0 Å². The maximum absolute atomic E-state index is 6.14. The van der Waals surface area contributed by atoms with Crippen LogP contribution in [0.2, 0.25) is 0 Å².